The number of H-pyrrole nitrogens is 1. The number of aromatic amines is 1. The predicted molar refractivity (Wildman–Crippen MR) is 256 cm³/mol. The van der Waals surface area contributed by atoms with Crippen LogP contribution < -0.4 is 16.2 Å². The lowest BCUT2D eigenvalue weighted by Gasteiger charge is -2.34. The maximum atomic E-state index is 14.0. The van der Waals surface area contributed by atoms with Crippen LogP contribution in [0.25, 0.3) is 10.9 Å². The largest absolute Gasteiger partial charge is 0.506 e. The Kier molecular flexibility index (Phi) is 15.2. The fourth-order valence-corrected chi connectivity index (χ4v) is 9.34. The van der Waals surface area contributed by atoms with Gasteiger partial charge in [0.2, 0.25) is 17.1 Å². The van der Waals surface area contributed by atoms with Crippen molar-refractivity contribution in [2.75, 3.05) is 52.4 Å². The van der Waals surface area contributed by atoms with Crippen LogP contribution in [0.5, 0.6) is 5.75 Å². The van der Waals surface area contributed by atoms with E-state index in [1.54, 1.807) is 59.5 Å². The average molecular weight is 906 g/mol. The highest BCUT2D eigenvalue weighted by atomic mass is 16.5. The summed E-state index contributed by atoms with van der Waals surface area (Å²) < 4.78 is 5.96. The fraction of sp³-hybridized carbons (Fsp3) is 0.333. The Morgan fingerprint density at radius 1 is 0.776 bits per heavy atom. The lowest BCUT2D eigenvalue weighted by atomic mass is 9.82. The maximum absolute atomic E-state index is 14.0. The second-order valence-corrected chi connectivity index (χ2v) is 17.8. The highest BCUT2D eigenvalue weighted by molar-refractivity contribution is 5.96. The van der Waals surface area contributed by atoms with Crippen LogP contribution in [0.15, 0.2) is 138 Å². The molecule has 0 unspecified atom stereocenters. The van der Waals surface area contributed by atoms with Crippen molar-refractivity contribution in [3.63, 3.8) is 0 Å². The van der Waals surface area contributed by atoms with E-state index in [4.69, 9.17) is 4.74 Å². The molecule has 2 fully saturated rings. The number of aromatic hydroxyl groups is 1. The smallest absolute Gasteiger partial charge is 0.347 e. The maximum Gasteiger partial charge on any atom is 0.347 e. The van der Waals surface area contributed by atoms with Crippen LogP contribution in [-0.4, -0.2) is 100 Å². The van der Waals surface area contributed by atoms with Gasteiger partial charge in [0.1, 0.15) is 5.75 Å². The van der Waals surface area contributed by atoms with Crippen LogP contribution in [0.3, 0.4) is 0 Å². The summed E-state index contributed by atoms with van der Waals surface area (Å²) in [5.74, 6) is -0.952. The summed E-state index contributed by atoms with van der Waals surface area (Å²) in [5, 5.41) is 39.9. The van der Waals surface area contributed by atoms with Crippen LogP contribution in [0, 0.1) is 5.92 Å². The zero-order valence-corrected chi connectivity index (χ0v) is 37.6. The summed E-state index contributed by atoms with van der Waals surface area (Å²) in [4.78, 5) is 58.8. The monoisotopic (exact) mass is 905 g/mol. The molecular weight excluding hydrogens is 847 g/mol. The molecule has 0 spiro atoms. The number of amides is 2. The number of nitrogens with one attached hydrogen (secondary N) is 3. The third-order valence-corrected chi connectivity index (χ3v) is 13.3. The molecule has 0 aliphatic carbocycles. The Hall–Kier alpha value is -6.64. The number of carbonyl (C=O) groups is 3. The molecule has 348 valence electrons. The number of fused-ring (bicyclic) bond motifs is 1. The molecule has 2 amide bonds. The number of phenolic OH excluding ortho intramolecular Hbond substituents is 1. The number of aromatic nitrogens is 1. The van der Waals surface area contributed by atoms with Crippen molar-refractivity contribution in [1.82, 2.24) is 25.4 Å². The summed E-state index contributed by atoms with van der Waals surface area (Å²) in [6, 6.07) is 40.1. The third-order valence-electron chi connectivity index (χ3n) is 13.3. The molecule has 1 aromatic heterocycles. The number of aliphatic hydroxyl groups is 2. The van der Waals surface area contributed by atoms with Gasteiger partial charge in [-0.2, -0.15) is 0 Å². The van der Waals surface area contributed by atoms with Gasteiger partial charge in [-0.1, -0.05) is 103 Å². The topological polar surface area (TPSA) is 185 Å². The molecule has 0 bridgehead atoms. The van der Waals surface area contributed by atoms with Gasteiger partial charge in [0.15, 0.2) is 0 Å². The molecule has 67 heavy (non-hydrogen) atoms. The number of benzene rings is 5. The van der Waals surface area contributed by atoms with Crippen LogP contribution in [-0.2, 0) is 32.9 Å². The minimum Gasteiger partial charge on any atom is -0.506 e. The number of esters is 1. The van der Waals surface area contributed by atoms with Gasteiger partial charge in [0.05, 0.1) is 24.8 Å². The molecule has 3 heterocycles. The van der Waals surface area contributed by atoms with Crippen LogP contribution in [0.4, 0.5) is 0 Å². The summed E-state index contributed by atoms with van der Waals surface area (Å²) in [5.41, 5.74) is 3.11. The Morgan fingerprint density at radius 3 is 2.21 bits per heavy atom. The van der Waals surface area contributed by atoms with Crippen LogP contribution >= 0.6 is 0 Å². The van der Waals surface area contributed by atoms with Gasteiger partial charge < -0.3 is 40.6 Å². The molecule has 2 aliphatic heterocycles. The second-order valence-electron chi connectivity index (χ2n) is 17.8. The second kappa shape index (κ2) is 21.8. The van der Waals surface area contributed by atoms with Crippen molar-refractivity contribution in [3.05, 3.63) is 183 Å². The number of piperidine rings is 2. The first kappa shape index (κ1) is 46.9. The van der Waals surface area contributed by atoms with E-state index in [1.807, 2.05) is 42.5 Å². The van der Waals surface area contributed by atoms with Crippen molar-refractivity contribution in [2.45, 2.75) is 56.3 Å². The Labute approximate surface area is 390 Å². The van der Waals surface area contributed by atoms with Gasteiger partial charge in [0, 0.05) is 43.2 Å². The van der Waals surface area contributed by atoms with Crippen LogP contribution in [0.2, 0.25) is 0 Å². The molecule has 13 heteroatoms. The molecule has 5 aromatic carbocycles. The molecule has 8 rings (SSSR count). The molecule has 6 N–H and O–H groups in total. The normalized spacial score (nSPS) is 16.3. The fourth-order valence-electron chi connectivity index (χ4n) is 9.34. The number of phenols is 1. The number of likely N-dealkylation sites (tertiary alicyclic amines) is 2. The summed E-state index contributed by atoms with van der Waals surface area (Å²) in [7, 11) is 0. The number of ether oxygens (including phenoxy) is 1. The number of rotatable bonds is 17. The van der Waals surface area contributed by atoms with Crippen molar-refractivity contribution in [2.24, 2.45) is 5.92 Å². The van der Waals surface area contributed by atoms with E-state index in [0.717, 1.165) is 43.6 Å². The van der Waals surface area contributed by atoms with Gasteiger partial charge >= 0.3 is 5.97 Å². The molecule has 0 radical (unpaired) electrons. The van der Waals surface area contributed by atoms with E-state index < -0.39 is 17.7 Å². The van der Waals surface area contributed by atoms with Gasteiger partial charge in [0.25, 0.3) is 5.91 Å². The van der Waals surface area contributed by atoms with E-state index in [2.05, 4.69) is 44.8 Å². The number of nitrogens with zero attached hydrogens (tertiary/aromatic N) is 2. The molecule has 13 nitrogen and oxygen atoms in total. The van der Waals surface area contributed by atoms with Crippen LogP contribution in [0.1, 0.15) is 81.4 Å². The minimum absolute atomic E-state index is 0.0640. The Morgan fingerprint density at radius 2 is 1.48 bits per heavy atom. The molecule has 6 aromatic rings. The lowest BCUT2D eigenvalue weighted by Crippen LogP contribution is -2.43. The van der Waals surface area contributed by atoms with Crippen molar-refractivity contribution in [3.8, 4) is 5.75 Å². The highest BCUT2D eigenvalue weighted by Gasteiger charge is 2.42. The molecule has 2 atom stereocenters. The predicted octanol–water partition coefficient (Wildman–Crippen LogP) is 5.93. The summed E-state index contributed by atoms with van der Waals surface area (Å²) >= 11 is 0. The van der Waals surface area contributed by atoms with Gasteiger partial charge in [-0.3, -0.25) is 19.3 Å². The van der Waals surface area contributed by atoms with E-state index >= 15 is 0 Å². The molecule has 2 saturated heterocycles. The minimum atomic E-state index is -2.00. The molecule has 2 aliphatic rings. The molecule has 0 saturated carbocycles. The van der Waals surface area contributed by atoms with Crippen molar-refractivity contribution < 1.29 is 34.4 Å². The van der Waals surface area contributed by atoms with Crippen molar-refractivity contribution >= 4 is 28.7 Å². The van der Waals surface area contributed by atoms with Crippen molar-refractivity contribution in [1.29, 1.82) is 0 Å². The van der Waals surface area contributed by atoms with Gasteiger partial charge in [-0.15, -0.1) is 0 Å². The number of hydrogen-bond donors (Lipinski definition) is 6. The first-order chi connectivity index (χ1) is 32.5. The van der Waals surface area contributed by atoms with E-state index in [9.17, 15) is 34.5 Å². The first-order valence-electron chi connectivity index (χ1n) is 23.3. The zero-order chi connectivity index (χ0) is 46.8. The third kappa shape index (κ3) is 11.5. The number of carbonyl (C=O) groups excluding carboxylic acids is 3. The summed E-state index contributed by atoms with van der Waals surface area (Å²) in [6.45, 7) is 4.68. The van der Waals surface area contributed by atoms with E-state index in [1.165, 1.54) is 17.7 Å². The first-order valence-corrected chi connectivity index (χ1v) is 23.3. The zero-order valence-electron chi connectivity index (χ0n) is 37.6. The standard InChI is InChI=1S/C54H59N5O8/c60-47-20-18-45(46-19-21-49(62)57-51(46)47)48(61)33-55-27-22-37-14-16-41(17-15-37)52(64)56-34-50(63)59-30-25-40(26-31-59)42-10-7-13-44(32-42)54(66,43-11-5-2-6-12-43)53(65)67-36-39-23-28-58(29-24-39)35-38-8-3-1-4-9-38/h1-21,32,39-40,48,55,60-61,66H,22-31,33-36H2,(H,56,64)(H,57,62)/t48-,54-/m0/s1. The number of pyridine rings is 1. The lowest BCUT2D eigenvalue weighted by molar-refractivity contribution is -0.164. The number of hydrogen-bond acceptors (Lipinski definition) is 10. The SMILES string of the molecule is O=C(NCC(=O)N1CCC(c2cccc([C@](O)(C(=O)OCC3CCN(Cc4ccccc4)CC3)c3ccccc3)c2)CC1)c1ccc(CCNC[C@H](O)c2ccc(O)c3[nH]c(=O)ccc23)cc1. The highest BCUT2D eigenvalue weighted by Crippen LogP contribution is 2.36. The Bertz CT molecular complexity index is 2680. The van der Waals surface area contributed by atoms with Gasteiger partial charge in [-0.25, -0.2) is 4.79 Å². The number of aliphatic hydroxyl groups excluding tert-OH is 1. The average Bonchev–Trinajstić information content (AvgIpc) is 3.37. The summed E-state index contributed by atoms with van der Waals surface area (Å²) in [6.07, 6.45) is 2.97. The Balaban J connectivity index is 0.784. The van der Waals surface area contributed by atoms with E-state index in [0.29, 0.717) is 66.5 Å². The van der Waals surface area contributed by atoms with Gasteiger partial charge in [-0.05, 0) is 121 Å². The molecular formula is C54H59N5O8. The quantitative estimate of drug-likeness (QED) is 0.0474. The van der Waals surface area contributed by atoms with E-state index in [-0.39, 0.29) is 60.2 Å².